The Kier molecular flexibility index (Phi) is 11.6. The number of hydrogen-bond donors (Lipinski definition) is 2. The number of carboxylic acid groups (broad SMARTS) is 1. The van der Waals surface area contributed by atoms with E-state index in [2.05, 4.69) is 20.8 Å². The van der Waals surface area contributed by atoms with E-state index in [9.17, 15) is 29.1 Å². The van der Waals surface area contributed by atoms with E-state index in [1.807, 2.05) is 6.92 Å². The number of thioether (sulfide) groups is 2. The zero-order valence-corrected chi connectivity index (χ0v) is 27.1. The van der Waals surface area contributed by atoms with Gasteiger partial charge in [0.1, 0.15) is 22.5 Å². The number of nitrogens with one attached hydrogen (secondary N) is 2. The Labute approximate surface area is 270 Å². The first kappa shape index (κ1) is 32.8. The molecule has 16 heteroatoms. The second-order valence-corrected chi connectivity index (χ2v) is 12.2. The first-order chi connectivity index (χ1) is 19.1. The van der Waals surface area contributed by atoms with Gasteiger partial charge in [-0.25, -0.2) is 4.79 Å². The second-order valence-electron chi connectivity index (χ2n) is 8.70. The molecule has 0 bridgehead atoms. The summed E-state index contributed by atoms with van der Waals surface area (Å²) < 4.78 is 0.682. The zero-order valence-electron chi connectivity index (χ0n) is 22.7. The van der Waals surface area contributed by atoms with Crippen molar-refractivity contribution in [3.63, 3.8) is 0 Å². The number of fused-ring (bicyclic) bond motifs is 1. The van der Waals surface area contributed by atoms with Gasteiger partial charge in [0.2, 0.25) is 5.91 Å². The summed E-state index contributed by atoms with van der Waals surface area (Å²) in [4.78, 5) is 65.4. The molecule has 41 heavy (non-hydrogen) atoms. The number of carbonyl (C=O) groups is 5. The first-order valence-corrected chi connectivity index (χ1v) is 14.8. The fraction of sp³-hybridized carbons (Fsp3) is 0.320. The van der Waals surface area contributed by atoms with E-state index in [1.165, 1.54) is 54.1 Å². The van der Waals surface area contributed by atoms with Gasteiger partial charge in [0.15, 0.2) is 4.34 Å². The molecule has 1 fully saturated rings. The van der Waals surface area contributed by atoms with Gasteiger partial charge in [-0.3, -0.25) is 24.2 Å². The Morgan fingerprint density at radius 1 is 1.24 bits per heavy atom. The Morgan fingerprint density at radius 2 is 1.95 bits per heavy atom. The van der Waals surface area contributed by atoms with E-state index in [0.29, 0.717) is 27.0 Å². The number of nitrogens with zero attached hydrogens (tertiary/aromatic N) is 4. The monoisotopic (exact) mass is 624 g/mol. The molecule has 0 spiro atoms. The van der Waals surface area contributed by atoms with Gasteiger partial charge < -0.3 is 20.5 Å². The number of aliphatic carboxylic acids is 1. The number of rotatable bonds is 9. The summed E-state index contributed by atoms with van der Waals surface area (Å²) in [5, 5.41) is 25.3. The van der Waals surface area contributed by atoms with Crippen molar-refractivity contribution in [1.82, 2.24) is 30.6 Å². The van der Waals surface area contributed by atoms with Gasteiger partial charge >= 0.3 is 35.6 Å². The number of hydrogen-bond acceptors (Lipinski definition) is 11. The normalized spacial score (nSPS) is 18.6. The van der Waals surface area contributed by atoms with Crippen molar-refractivity contribution >= 4 is 64.6 Å². The molecular formula is C25H25N6NaO6S3. The molecule has 1 aromatic heterocycles. The molecule has 1 unspecified atom stereocenters. The maximum absolute atomic E-state index is 13.4. The number of likely N-dealkylation sites (N-methyl/N-ethyl adjacent to an activating group) is 1. The maximum atomic E-state index is 13.4. The number of amides is 5. The van der Waals surface area contributed by atoms with Crippen molar-refractivity contribution in [3.05, 3.63) is 64.3 Å². The van der Waals surface area contributed by atoms with Crippen LogP contribution in [0.4, 0.5) is 4.79 Å². The molecule has 2 aliphatic rings. The van der Waals surface area contributed by atoms with E-state index in [4.69, 9.17) is 0 Å². The number of urea groups is 1. The summed E-state index contributed by atoms with van der Waals surface area (Å²) in [5.41, 5.74) is 0.743. The van der Waals surface area contributed by atoms with Gasteiger partial charge in [0, 0.05) is 18.6 Å². The van der Waals surface area contributed by atoms with Gasteiger partial charge in [0.25, 0.3) is 11.8 Å². The van der Waals surface area contributed by atoms with E-state index in [0.717, 1.165) is 14.8 Å². The van der Waals surface area contributed by atoms with Crippen LogP contribution in [-0.2, 0) is 19.2 Å². The molecule has 3 heterocycles. The molecule has 0 aliphatic carbocycles. The number of allylic oxidation sites excluding steroid dienone is 1. The molecule has 3 atom stereocenters. The number of benzene rings is 1. The summed E-state index contributed by atoms with van der Waals surface area (Å²) in [6.07, 6.45) is 2.70. The van der Waals surface area contributed by atoms with Crippen molar-refractivity contribution < 1.29 is 58.6 Å². The summed E-state index contributed by atoms with van der Waals surface area (Å²) >= 11 is 4.03. The molecule has 5 amide bonds. The Balaban J connectivity index is 0.00000462. The van der Waals surface area contributed by atoms with E-state index >= 15 is 0 Å². The van der Waals surface area contributed by atoms with Crippen molar-refractivity contribution in [2.24, 2.45) is 0 Å². The van der Waals surface area contributed by atoms with Crippen LogP contribution in [0, 0.1) is 6.92 Å². The number of carbonyl (C=O) groups excluding carboxylic acids is 5. The standard InChI is InChI=1S/C25H26N6O6S3.Na/c1-4-8-16(32)30(3)24(37)27-17(14-9-6-5-7-10-14)20(33)26-18-21(34)31-19(23(35)36)15(11-38-22(18)31)12-39-25-29-28-13(2)40-25;/h4-10,17-18,22H,11-12H2,1-3H3,(H,26,33)(H,27,37)(H,35,36);/q;+1/p-1/b8-4+;/t17-,18?,22-;/m1./s1. The molecular weight excluding hydrogens is 600 g/mol. The predicted molar refractivity (Wildman–Crippen MR) is 148 cm³/mol. The summed E-state index contributed by atoms with van der Waals surface area (Å²) in [7, 11) is 1.28. The second kappa shape index (κ2) is 14.5. The third kappa shape index (κ3) is 7.40. The zero-order chi connectivity index (χ0) is 29.0. The maximum Gasteiger partial charge on any atom is 1.00 e. The Morgan fingerprint density at radius 3 is 2.56 bits per heavy atom. The van der Waals surface area contributed by atoms with Gasteiger partial charge in [-0.1, -0.05) is 59.5 Å². The number of imide groups is 1. The smallest absolute Gasteiger partial charge is 0.543 e. The molecule has 1 aromatic carbocycles. The number of β-lactam (4-membered cyclic amide) rings is 1. The quantitative estimate of drug-likeness (QED) is 0.136. The fourth-order valence-electron chi connectivity index (χ4n) is 4.03. The van der Waals surface area contributed by atoms with E-state index in [1.54, 1.807) is 37.3 Å². The van der Waals surface area contributed by atoms with Gasteiger partial charge in [-0.2, -0.15) is 0 Å². The SMILES string of the molecule is C/C=C/C(=O)N(C)C(=O)N[C@@H](C(=O)NC1C(=O)N2C(C(=O)[O-])=C(CSc3nnc(C)s3)CS[C@H]12)c1ccccc1.[Na+]. The van der Waals surface area contributed by atoms with E-state index < -0.39 is 47.2 Å². The first-order valence-electron chi connectivity index (χ1n) is 12.0. The molecule has 12 nitrogen and oxygen atoms in total. The van der Waals surface area contributed by atoms with Crippen LogP contribution in [0.5, 0.6) is 0 Å². The van der Waals surface area contributed by atoms with Gasteiger partial charge in [-0.15, -0.1) is 22.0 Å². The van der Waals surface area contributed by atoms with E-state index in [-0.39, 0.29) is 35.3 Å². The van der Waals surface area contributed by atoms with Gasteiger partial charge in [-0.05, 0) is 31.1 Å². The van der Waals surface area contributed by atoms with Crippen LogP contribution in [0.25, 0.3) is 0 Å². The Hall–Kier alpha value is -2.69. The number of aromatic nitrogens is 2. The van der Waals surface area contributed by atoms with Crippen LogP contribution >= 0.6 is 34.9 Å². The molecule has 2 aliphatic heterocycles. The molecule has 4 rings (SSSR count). The summed E-state index contributed by atoms with van der Waals surface area (Å²) in [6, 6.07) is 5.32. The van der Waals surface area contributed by atoms with Crippen LogP contribution in [0.3, 0.4) is 0 Å². The minimum absolute atomic E-state index is 0. The molecule has 1 saturated heterocycles. The molecule has 0 saturated carbocycles. The van der Waals surface area contributed by atoms with Crippen molar-refractivity contribution in [2.45, 2.75) is 35.6 Å². The molecule has 2 aromatic rings. The Bertz CT molecular complexity index is 1400. The summed E-state index contributed by atoms with van der Waals surface area (Å²) in [6.45, 7) is 3.45. The minimum Gasteiger partial charge on any atom is -0.543 e. The largest absolute Gasteiger partial charge is 1.00 e. The van der Waals surface area contributed by atoms with Crippen LogP contribution in [0.15, 0.2) is 58.1 Å². The predicted octanol–water partition coefficient (Wildman–Crippen LogP) is -2.17. The van der Waals surface area contributed by atoms with Crippen molar-refractivity contribution in [3.8, 4) is 0 Å². The summed E-state index contributed by atoms with van der Waals surface area (Å²) in [5.74, 6) is -2.73. The topological polar surface area (TPSA) is 165 Å². The number of aryl methyl sites for hydroxylation is 1. The average Bonchev–Trinajstić information content (AvgIpc) is 3.37. The molecule has 0 radical (unpaired) electrons. The average molecular weight is 625 g/mol. The molecule has 210 valence electrons. The van der Waals surface area contributed by atoms with Crippen LogP contribution < -0.4 is 45.3 Å². The fourth-order valence-corrected chi connectivity index (χ4v) is 7.33. The molecule has 2 N–H and O–H groups in total. The van der Waals surface area contributed by atoms with Crippen LogP contribution in [-0.4, -0.2) is 79.7 Å². The van der Waals surface area contributed by atoms with Crippen LogP contribution in [0.1, 0.15) is 23.5 Å². The van der Waals surface area contributed by atoms with Crippen molar-refractivity contribution in [2.75, 3.05) is 18.6 Å². The number of carboxylic acids is 1. The minimum atomic E-state index is -1.48. The van der Waals surface area contributed by atoms with Gasteiger partial charge in [0.05, 0.1) is 11.7 Å². The third-order valence-electron chi connectivity index (χ3n) is 6.02. The third-order valence-corrected chi connectivity index (χ3v) is 9.42. The van der Waals surface area contributed by atoms with Crippen LogP contribution in [0.2, 0.25) is 0 Å². The van der Waals surface area contributed by atoms with Crippen molar-refractivity contribution in [1.29, 1.82) is 0 Å².